The minimum absolute atomic E-state index is 0.0178. The Labute approximate surface area is 335 Å². The fraction of sp³-hybridized carbons (Fsp3) is 0.500. The molecule has 2 aliphatic rings. The van der Waals surface area contributed by atoms with Gasteiger partial charge in [0.1, 0.15) is 23.1 Å². The molecular formula is C38H46Cl2F2N4O9S. The van der Waals surface area contributed by atoms with Gasteiger partial charge in [0.2, 0.25) is 10.0 Å². The normalized spacial score (nSPS) is 16.0. The van der Waals surface area contributed by atoms with Gasteiger partial charge >= 0.3 is 18.7 Å². The van der Waals surface area contributed by atoms with E-state index in [1.54, 1.807) is 20.8 Å². The number of nitrogens with zero attached hydrogens (tertiary/aromatic N) is 4. The molecule has 0 N–H and O–H groups in total. The number of halogens is 4. The van der Waals surface area contributed by atoms with Crippen LogP contribution in [-0.2, 0) is 25.9 Å². The Hall–Kier alpha value is -3.96. The first kappa shape index (κ1) is 43.2. The Morgan fingerprint density at radius 1 is 0.982 bits per heavy atom. The SMILES string of the molecule is COc1ccc(C(=O)OC(Cc2c(Cl)cncc2Cl)c2ccc(OC(F)F)c(OCC3CC3)c2)cc1N(C(=O)OC(C)(C)C)S(=O)(=O)CCN1CCN(C)CC1. The van der Waals surface area contributed by atoms with E-state index in [0.717, 1.165) is 25.9 Å². The number of esters is 1. The first-order chi connectivity index (χ1) is 26.4. The van der Waals surface area contributed by atoms with Gasteiger partial charge in [-0.2, -0.15) is 13.1 Å². The van der Waals surface area contributed by atoms with Crippen LogP contribution in [0.4, 0.5) is 19.3 Å². The van der Waals surface area contributed by atoms with Crippen LogP contribution in [-0.4, -0.2) is 107 Å². The summed E-state index contributed by atoms with van der Waals surface area (Å²) < 4.78 is 83.1. The summed E-state index contributed by atoms with van der Waals surface area (Å²) >= 11 is 12.9. The third kappa shape index (κ3) is 11.8. The molecule has 1 aromatic heterocycles. The first-order valence-corrected chi connectivity index (χ1v) is 20.4. The molecule has 1 atom stereocenters. The zero-order chi connectivity index (χ0) is 40.8. The predicted octanol–water partition coefficient (Wildman–Crippen LogP) is 7.25. The molecule has 1 amide bonds. The lowest BCUT2D eigenvalue weighted by molar-refractivity contribution is -0.0515. The maximum Gasteiger partial charge on any atom is 0.429 e. The Morgan fingerprint density at radius 2 is 1.64 bits per heavy atom. The maximum atomic E-state index is 14.1. The number of hydrogen-bond donors (Lipinski definition) is 0. The van der Waals surface area contributed by atoms with Gasteiger partial charge in [-0.3, -0.25) is 9.88 Å². The van der Waals surface area contributed by atoms with E-state index in [2.05, 4.69) is 9.88 Å². The highest BCUT2D eigenvalue weighted by Gasteiger charge is 2.37. The van der Waals surface area contributed by atoms with Gasteiger partial charge in [-0.05, 0) is 88.0 Å². The van der Waals surface area contributed by atoms with E-state index in [-0.39, 0.29) is 64.0 Å². The van der Waals surface area contributed by atoms with E-state index in [4.69, 9.17) is 46.9 Å². The summed E-state index contributed by atoms with van der Waals surface area (Å²) in [6, 6.07) is 8.04. The molecule has 2 fully saturated rings. The minimum Gasteiger partial charge on any atom is -0.495 e. The number of pyridine rings is 1. The number of carbonyl (C=O) groups is 2. The number of sulfonamides is 1. The number of aromatic nitrogens is 1. The molecule has 1 saturated heterocycles. The molecule has 0 radical (unpaired) electrons. The molecule has 18 heteroatoms. The topological polar surface area (TPSA) is 137 Å². The van der Waals surface area contributed by atoms with Crippen LogP contribution in [0.2, 0.25) is 10.0 Å². The molecule has 5 rings (SSSR count). The standard InChI is InChI=1S/C38H46Cl2F2N4O9S/c1-38(2,3)55-37(48)46(56(49,50)17-16-45-14-12-44(4)13-15-45)30-18-26(9-10-31(30)51-5)35(47)53-33(20-27-28(39)21-43-22-29(27)40)25-8-11-32(54-36(41)42)34(19-25)52-23-24-6-7-24/h8-11,18-19,21-22,24,33,36H,6-7,12-17,20,23H2,1-5H3. The molecule has 1 saturated carbocycles. The van der Waals surface area contributed by atoms with Crippen LogP contribution >= 0.6 is 23.2 Å². The van der Waals surface area contributed by atoms with Crippen LogP contribution in [0, 0.1) is 5.92 Å². The van der Waals surface area contributed by atoms with Crippen LogP contribution in [0.15, 0.2) is 48.8 Å². The van der Waals surface area contributed by atoms with Gasteiger partial charge in [0.25, 0.3) is 0 Å². The number of anilines is 1. The number of ether oxygens (including phenoxy) is 5. The van der Waals surface area contributed by atoms with E-state index in [9.17, 15) is 26.8 Å². The molecule has 0 spiro atoms. The lowest BCUT2D eigenvalue weighted by Crippen LogP contribution is -2.48. The zero-order valence-corrected chi connectivity index (χ0v) is 34.1. The van der Waals surface area contributed by atoms with Crippen molar-refractivity contribution in [2.45, 2.75) is 58.4 Å². The van der Waals surface area contributed by atoms with E-state index in [0.29, 0.717) is 28.5 Å². The Bertz CT molecular complexity index is 1950. The van der Waals surface area contributed by atoms with Crippen molar-refractivity contribution in [3.8, 4) is 17.2 Å². The number of carbonyl (C=O) groups excluding carboxylic acids is 2. The quantitative estimate of drug-likeness (QED) is 0.134. The smallest absolute Gasteiger partial charge is 0.429 e. The number of likely N-dealkylation sites (N-methyl/N-ethyl adjacent to an activating group) is 1. The molecular weight excluding hydrogens is 797 g/mol. The Kier molecular flexibility index (Phi) is 14.3. The van der Waals surface area contributed by atoms with E-state index in [1.165, 1.54) is 55.9 Å². The summed E-state index contributed by atoms with van der Waals surface area (Å²) in [5, 5.41) is 0.367. The van der Waals surface area contributed by atoms with Gasteiger partial charge in [-0.1, -0.05) is 29.3 Å². The molecule has 1 aliphatic carbocycles. The lowest BCUT2D eigenvalue weighted by atomic mass is 10.0. The van der Waals surface area contributed by atoms with Crippen molar-refractivity contribution < 1.29 is 50.5 Å². The molecule has 306 valence electrons. The molecule has 1 aliphatic heterocycles. The highest BCUT2D eigenvalue weighted by atomic mass is 35.5. The van der Waals surface area contributed by atoms with Crippen LogP contribution < -0.4 is 18.5 Å². The Balaban J connectivity index is 1.51. The zero-order valence-electron chi connectivity index (χ0n) is 31.8. The first-order valence-electron chi connectivity index (χ1n) is 18.0. The van der Waals surface area contributed by atoms with Crippen molar-refractivity contribution in [3.63, 3.8) is 0 Å². The average molecular weight is 844 g/mol. The number of methoxy groups -OCH3 is 1. The van der Waals surface area contributed by atoms with Gasteiger partial charge < -0.3 is 28.6 Å². The fourth-order valence-corrected chi connectivity index (χ4v) is 7.71. The number of piperazine rings is 1. The molecule has 2 aromatic carbocycles. The second kappa shape index (κ2) is 18.5. The van der Waals surface area contributed by atoms with Gasteiger partial charge in [0.15, 0.2) is 11.5 Å². The third-order valence-corrected chi connectivity index (χ3v) is 11.3. The number of benzene rings is 2. The number of alkyl halides is 2. The lowest BCUT2D eigenvalue weighted by Gasteiger charge is -2.33. The molecule has 56 heavy (non-hydrogen) atoms. The van der Waals surface area contributed by atoms with Gasteiger partial charge in [0, 0.05) is 51.5 Å². The van der Waals surface area contributed by atoms with Gasteiger partial charge in [-0.15, -0.1) is 0 Å². The second-order valence-electron chi connectivity index (χ2n) is 14.6. The summed E-state index contributed by atoms with van der Waals surface area (Å²) in [6.45, 7) is 4.92. The van der Waals surface area contributed by atoms with Crippen LogP contribution in [0.25, 0.3) is 0 Å². The van der Waals surface area contributed by atoms with Crippen molar-refractivity contribution in [1.82, 2.24) is 14.8 Å². The monoisotopic (exact) mass is 842 g/mol. The van der Waals surface area contributed by atoms with Crippen LogP contribution in [0.1, 0.15) is 61.2 Å². The van der Waals surface area contributed by atoms with E-state index < -0.39 is 46.2 Å². The fourth-order valence-electron chi connectivity index (χ4n) is 5.81. The van der Waals surface area contributed by atoms with Crippen LogP contribution in [0.5, 0.6) is 17.2 Å². The summed E-state index contributed by atoms with van der Waals surface area (Å²) in [7, 11) is -1.14. The van der Waals surface area contributed by atoms with Gasteiger partial charge in [-0.25, -0.2) is 18.0 Å². The highest BCUT2D eigenvalue weighted by molar-refractivity contribution is 7.93. The number of hydrogen-bond acceptors (Lipinski definition) is 12. The number of rotatable bonds is 16. The minimum atomic E-state index is -4.42. The van der Waals surface area contributed by atoms with Crippen LogP contribution in [0.3, 0.4) is 0 Å². The molecule has 13 nitrogen and oxygen atoms in total. The molecule has 1 unspecified atom stereocenters. The summed E-state index contributed by atoms with van der Waals surface area (Å²) in [5.74, 6) is -1.31. The van der Waals surface area contributed by atoms with E-state index in [1.807, 2.05) is 11.9 Å². The average Bonchev–Trinajstić information content (AvgIpc) is 3.96. The van der Waals surface area contributed by atoms with Crippen molar-refractivity contribution in [3.05, 3.63) is 75.5 Å². The number of amides is 1. The third-order valence-electron chi connectivity index (χ3n) is 9.05. The summed E-state index contributed by atoms with van der Waals surface area (Å²) in [6.07, 6.45) is 2.20. The van der Waals surface area contributed by atoms with Crippen molar-refractivity contribution in [1.29, 1.82) is 0 Å². The maximum absolute atomic E-state index is 14.1. The van der Waals surface area contributed by atoms with Crippen molar-refractivity contribution >= 4 is 51.0 Å². The van der Waals surface area contributed by atoms with Crippen molar-refractivity contribution in [2.24, 2.45) is 5.92 Å². The van der Waals surface area contributed by atoms with Crippen molar-refractivity contribution in [2.75, 3.05) is 63.5 Å². The molecule has 0 bridgehead atoms. The highest BCUT2D eigenvalue weighted by Crippen LogP contribution is 2.39. The van der Waals surface area contributed by atoms with Gasteiger partial charge in [0.05, 0.1) is 35.1 Å². The largest absolute Gasteiger partial charge is 0.495 e. The molecule has 2 heterocycles. The summed E-state index contributed by atoms with van der Waals surface area (Å²) in [5.41, 5.74) is -0.789. The summed E-state index contributed by atoms with van der Waals surface area (Å²) in [4.78, 5) is 36.0. The second-order valence-corrected chi connectivity index (χ2v) is 17.4. The molecule has 3 aromatic rings. The predicted molar refractivity (Wildman–Crippen MR) is 207 cm³/mol. The Morgan fingerprint density at radius 3 is 2.25 bits per heavy atom. The van der Waals surface area contributed by atoms with E-state index >= 15 is 0 Å².